The zero-order valence-corrected chi connectivity index (χ0v) is 18.5. The first-order chi connectivity index (χ1) is 15.0. The molecule has 0 saturated carbocycles. The number of fused-ring (bicyclic) bond motifs is 1. The molecule has 0 aliphatic rings. The largest absolute Gasteiger partial charge is 0.348 e. The molecule has 0 spiro atoms. The molecule has 0 aliphatic carbocycles. The van der Waals surface area contributed by atoms with Crippen LogP contribution in [-0.4, -0.2) is 24.6 Å². The zero-order chi connectivity index (χ0) is 22.4. The van der Waals surface area contributed by atoms with E-state index < -0.39 is 11.2 Å². The van der Waals surface area contributed by atoms with E-state index in [1.54, 1.807) is 10.9 Å². The monoisotopic (exact) mass is 425 g/mol. The molecule has 0 aliphatic heterocycles. The molecule has 31 heavy (non-hydrogen) atoms. The van der Waals surface area contributed by atoms with Crippen LogP contribution in [-0.2, 0) is 24.4 Å². The van der Waals surface area contributed by atoms with Gasteiger partial charge in [-0.1, -0.05) is 57.0 Å². The number of nitrogens with zero attached hydrogens (tertiary/aromatic N) is 4. The van der Waals surface area contributed by atoms with Crippen molar-refractivity contribution < 1.29 is 4.79 Å². The van der Waals surface area contributed by atoms with Crippen molar-refractivity contribution in [2.75, 3.05) is 0 Å². The van der Waals surface area contributed by atoms with Crippen LogP contribution < -0.4 is 16.6 Å². The summed E-state index contributed by atoms with van der Waals surface area (Å²) < 4.78 is 4.36. The topological polar surface area (TPSA) is 90.9 Å². The van der Waals surface area contributed by atoms with E-state index >= 15 is 0 Å². The van der Waals surface area contributed by atoms with Gasteiger partial charge in [0.2, 0.25) is 5.91 Å². The first-order valence-electron chi connectivity index (χ1n) is 11.0. The molecule has 0 radical (unpaired) electrons. The Morgan fingerprint density at radius 3 is 2.39 bits per heavy atom. The minimum atomic E-state index is -0.491. The number of unbranched alkanes of at least 4 members (excludes halogenated alkanes) is 2. The summed E-state index contributed by atoms with van der Waals surface area (Å²) in [6, 6.07) is 9.33. The van der Waals surface area contributed by atoms with Gasteiger partial charge in [0.25, 0.3) is 5.56 Å². The highest BCUT2D eigenvalue weighted by Gasteiger charge is 2.20. The molecule has 1 unspecified atom stereocenters. The molecular weight excluding hydrogens is 394 g/mol. The maximum atomic E-state index is 13.2. The molecule has 8 heteroatoms. The summed E-state index contributed by atoms with van der Waals surface area (Å²) >= 11 is 0. The summed E-state index contributed by atoms with van der Waals surface area (Å²) in [4.78, 5) is 43.4. The first kappa shape index (κ1) is 22.5. The minimum absolute atomic E-state index is 0.231. The Hall–Kier alpha value is -3.16. The molecule has 166 valence electrons. The minimum Gasteiger partial charge on any atom is -0.348 e. The highest BCUT2D eigenvalue weighted by atomic mass is 16.2. The molecule has 1 aromatic carbocycles. The number of imidazole rings is 1. The highest BCUT2D eigenvalue weighted by molar-refractivity contribution is 5.77. The third-order valence-electron chi connectivity index (χ3n) is 5.45. The lowest BCUT2D eigenvalue weighted by Gasteiger charge is -2.16. The maximum absolute atomic E-state index is 13.2. The van der Waals surface area contributed by atoms with E-state index in [-0.39, 0.29) is 18.5 Å². The van der Waals surface area contributed by atoms with Gasteiger partial charge in [-0.2, -0.15) is 0 Å². The standard InChI is InChI=1S/C23H31N5O3/c1-4-6-13-26-16-24-21-20(26)22(30)28(23(31)27(21)14-7-5-2)15-19(29)25-17(3)18-11-9-8-10-12-18/h8-12,16-17H,4-7,13-15H2,1-3H3,(H,25,29). The number of carbonyl (C=O) groups is 1. The third kappa shape index (κ3) is 4.95. The summed E-state index contributed by atoms with van der Waals surface area (Å²) in [7, 11) is 0. The van der Waals surface area contributed by atoms with Gasteiger partial charge in [-0.25, -0.2) is 14.3 Å². The van der Waals surface area contributed by atoms with Crippen molar-refractivity contribution in [1.29, 1.82) is 0 Å². The van der Waals surface area contributed by atoms with Gasteiger partial charge in [0.1, 0.15) is 6.54 Å². The van der Waals surface area contributed by atoms with E-state index in [1.165, 1.54) is 4.57 Å². The molecule has 0 bridgehead atoms. The van der Waals surface area contributed by atoms with Crippen LogP contribution in [0.1, 0.15) is 58.1 Å². The third-order valence-corrected chi connectivity index (χ3v) is 5.45. The quantitative estimate of drug-likeness (QED) is 0.541. The molecule has 1 atom stereocenters. The van der Waals surface area contributed by atoms with E-state index in [0.29, 0.717) is 24.3 Å². The lowest BCUT2D eigenvalue weighted by atomic mass is 10.1. The second-order valence-corrected chi connectivity index (χ2v) is 7.84. The van der Waals surface area contributed by atoms with Gasteiger partial charge in [0.15, 0.2) is 11.2 Å². The van der Waals surface area contributed by atoms with Crippen molar-refractivity contribution in [1.82, 2.24) is 24.0 Å². The summed E-state index contributed by atoms with van der Waals surface area (Å²) in [5, 5.41) is 2.88. The van der Waals surface area contributed by atoms with Crippen LogP contribution in [0.3, 0.4) is 0 Å². The average molecular weight is 426 g/mol. The predicted octanol–water partition coefficient (Wildman–Crippen LogP) is 2.84. The molecule has 1 amide bonds. The fourth-order valence-corrected chi connectivity index (χ4v) is 3.65. The molecule has 1 N–H and O–H groups in total. The SMILES string of the molecule is CCCCn1cnc2c1c(=O)n(CC(=O)NC(C)c1ccccc1)c(=O)n2CCCC. The van der Waals surface area contributed by atoms with Crippen molar-refractivity contribution >= 4 is 17.1 Å². The van der Waals surface area contributed by atoms with Crippen LogP contribution in [0.4, 0.5) is 0 Å². The molecule has 0 fully saturated rings. The van der Waals surface area contributed by atoms with Crippen molar-refractivity contribution in [2.24, 2.45) is 0 Å². The van der Waals surface area contributed by atoms with E-state index in [4.69, 9.17) is 0 Å². The van der Waals surface area contributed by atoms with Crippen LogP contribution in [0.5, 0.6) is 0 Å². The molecule has 3 rings (SSSR count). The summed E-state index contributed by atoms with van der Waals surface area (Å²) in [5.41, 5.74) is 0.775. The average Bonchev–Trinajstić information content (AvgIpc) is 3.19. The first-order valence-corrected chi connectivity index (χ1v) is 11.0. The number of nitrogens with one attached hydrogen (secondary N) is 1. The Kier molecular flexibility index (Phi) is 7.44. The molecule has 0 saturated heterocycles. The summed E-state index contributed by atoms with van der Waals surface area (Å²) in [5.74, 6) is -0.378. The van der Waals surface area contributed by atoms with Gasteiger partial charge < -0.3 is 9.88 Å². The van der Waals surface area contributed by atoms with Gasteiger partial charge >= 0.3 is 5.69 Å². The number of benzene rings is 1. The van der Waals surface area contributed by atoms with Gasteiger partial charge in [-0.3, -0.25) is 14.2 Å². The lowest BCUT2D eigenvalue weighted by molar-refractivity contribution is -0.122. The van der Waals surface area contributed by atoms with E-state index in [9.17, 15) is 14.4 Å². The number of aryl methyl sites for hydroxylation is 2. The zero-order valence-electron chi connectivity index (χ0n) is 18.5. The Morgan fingerprint density at radius 2 is 1.71 bits per heavy atom. The second kappa shape index (κ2) is 10.2. The van der Waals surface area contributed by atoms with Gasteiger partial charge in [-0.15, -0.1) is 0 Å². The predicted molar refractivity (Wildman–Crippen MR) is 121 cm³/mol. The van der Waals surface area contributed by atoms with E-state index in [0.717, 1.165) is 35.8 Å². The second-order valence-electron chi connectivity index (χ2n) is 7.84. The number of amides is 1. The van der Waals surface area contributed by atoms with Crippen molar-refractivity contribution in [2.45, 2.75) is 72.1 Å². The van der Waals surface area contributed by atoms with Gasteiger partial charge in [-0.05, 0) is 25.3 Å². The van der Waals surface area contributed by atoms with Gasteiger partial charge in [0, 0.05) is 13.1 Å². The van der Waals surface area contributed by atoms with Crippen LogP contribution >= 0.6 is 0 Å². The molecule has 3 aromatic rings. The summed E-state index contributed by atoms with van der Waals surface area (Å²) in [6.45, 7) is 6.77. The number of carbonyl (C=O) groups excluding carboxylic acids is 1. The van der Waals surface area contributed by atoms with E-state index in [2.05, 4.69) is 17.2 Å². The fraction of sp³-hybridized carbons (Fsp3) is 0.478. The molecular formula is C23H31N5O3. The number of rotatable bonds is 10. The molecule has 2 aromatic heterocycles. The normalized spacial score (nSPS) is 12.2. The summed E-state index contributed by atoms with van der Waals surface area (Å²) in [6.07, 6.45) is 5.17. The number of hydrogen-bond acceptors (Lipinski definition) is 4. The smallest absolute Gasteiger partial charge is 0.333 e. The Balaban J connectivity index is 1.97. The van der Waals surface area contributed by atoms with Crippen LogP contribution in [0, 0.1) is 0 Å². The van der Waals surface area contributed by atoms with Crippen molar-refractivity contribution in [3.8, 4) is 0 Å². The maximum Gasteiger partial charge on any atom is 0.333 e. The van der Waals surface area contributed by atoms with Crippen LogP contribution in [0.15, 0.2) is 46.2 Å². The number of hydrogen-bond donors (Lipinski definition) is 1. The fourth-order valence-electron chi connectivity index (χ4n) is 3.65. The van der Waals surface area contributed by atoms with Gasteiger partial charge in [0.05, 0.1) is 12.4 Å². The number of aromatic nitrogens is 4. The van der Waals surface area contributed by atoms with E-state index in [1.807, 2.05) is 44.2 Å². The lowest BCUT2D eigenvalue weighted by Crippen LogP contribution is -2.44. The Bertz CT molecular complexity index is 1140. The molecule has 8 nitrogen and oxygen atoms in total. The molecule has 2 heterocycles. The highest BCUT2D eigenvalue weighted by Crippen LogP contribution is 2.12. The Labute approximate surface area is 181 Å². The van der Waals surface area contributed by atoms with Crippen LogP contribution in [0.2, 0.25) is 0 Å². The Morgan fingerprint density at radius 1 is 1.03 bits per heavy atom. The van der Waals surface area contributed by atoms with Crippen molar-refractivity contribution in [3.05, 3.63) is 63.1 Å². The van der Waals surface area contributed by atoms with Crippen molar-refractivity contribution in [3.63, 3.8) is 0 Å². The van der Waals surface area contributed by atoms with Crippen LogP contribution in [0.25, 0.3) is 11.2 Å².